The van der Waals surface area contributed by atoms with E-state index in [1.54, 1.807) is 0 Å². The number of rotatable bonds is 5. The van der Waals surface area contributed by atoms with Crippen molar-refractivity contribution in [2.24, 2.45) is 5.41 Å². The summed E-state index contributed by atoms with van der Waals surface area (Å²) in [5, 5.41) is 6.80. The molecule has 1 unspecified atom stereocenters. The maximum Gasteiger partial charge on any atom is 0.0164 e. The zero-order chi connectivity index (χ0) is 9.73. The van der Waals surface area contributed by atoms with Gasteiger partial charge in [-0.3, -0.25) is 0 Å². The van der Waals surface area contributed by atoms with Gasteiger partial charge in [-0.05, 0) is 32.2 Å². The van der Waals surface area contributed by atoms with Crippen molar-refractivity contribution in [3.63, 3.8) is 0 Å². The molecule has 0 aromatic heterocycles. The van der Waals surface area contributed by atoms with Crippen LogP contribution in [0.4, 0.5) is 0 Å². The highest BCUT2D eigenvalue weighted by molar-refractivity contribution is 4.83. The van der Waals surface area contributed by atoms with Crippen molar-refractivity contribution in [1.82, 2.24) is 10.6 Å². The third-order valence-corrected chi connectivity index (χ3v) is 3.20. The molecule has 1 atom stereocenters. The summed E-state index contributed by atoms with van der Waals surface area (Å²) < 4.78 is 0. The van der Waals surface area contributed by atoms with Crippen molar-refractivity contribution in [2.75, 3.05) is 20.1 Å². The van der Waals surface area contributed by atoms with Crippen LogP contribution in [0.1, 0.15) is 39.5 Å². The van der Waals surface area contributed by atoms with Crippen LogP contribution < -0.4 is 10.6 Å². The zero-order valence-electron chi connectivity index (χ0n) is 9.32. The van der Waals surface area contributed by atoms with Crippen LogP contribution in [-0.4, -0.2) is 26.2 Å². The Kier molecular flexibility index (Phi) is 4.20. The molecule has 2 heteroatoms. The van der Waals surface area contributed by atoms with Gasteiger partial charge in [0.25, 0.3) is 0 Å². The second-order valence-corrected chi connectivity index (χ2v) is 4.86. The van der Waals surface area contributed by atoms with E-state index in [2.05, 4.69) is 24.5 Å². The molecule has 0 saturated heterocycles. The summed E-state index contributed by atoms with van der Waals surface area (Å²) in [5.41, 5.74) is 0.585. The average molecular weight is 184 g/mol. The summed E-state index contributed by atoms with van der Waals surface area (Å²) in [6.45, 7) is 6.92. The van der Waals surface area contributed by atoms with E-state index in [0.29, 0.717) is 11.5 Å². The standard InChI is InChI=1S/C11H24N2/c1-10(8-12-3)13-9-11(2)6-4-5-7-11/h10,12-13H,4-9H2,1-3H3. The van der Waals surface area contributed by atoms with Crippen LogP contribution in [0, 0.1) is 5.41 Å². The Balaban J connectivity index is 2.17. The van der Waals surface area contributed by atoms with Crippen molar-refractivity contribution in [3.05, 3.63) is 0 Å². The van der Waals surface area contributed by atoms with Crippen LogP contribution in [-0.2, 0) is 0 Å². The highest BCUT2D eigenvalue weighted by Gasteiger charge is 2.28. The molecule has 0 aromatic rings. The zero-order valence-corrected chi connectivity index (χ0v) is 9.32. The number of hydrogen-bond donors (Lipinski definition) is 2. The Morgan fingerprint density at radius 1 is 1.31 bits per heavy atom. The molecule has 1 aliphatic carbocycles. The van der Waals surface area contributed by atoms with E-state index in [1.165, 1.54) is 32.2 Å². The number of likely N-dealkylation sites (N-methyl/N-ethyl adjacent to an activating group) is 1. The van der Waals surface area contributed by atoms with Crippen molar-refractivity contribution < 1.29 is 0 Å². The lowest BCUT2D eigenvalue weighted by Crippen LogP contribution is -2.40. The van der Waals surface area contributed by atoms with Crippen LogP contribution in [0.2, 0.25) is 0 Å². The Bertz CT molecular complexity index is 139. The monoisotopic (exact) mass is 184 g/mol. The van der Waals surface area contributed by atoms with Crippen LogP contribution in [0.15, 0.2) is 0 Å². The smallest absolute Gasteiger partial charge is 0.0164 e. The van der Waals surface area contributed by atoms with Gasteiger partial charge in [0.05, 0.1) is 0 Å². The predicted molar refractivity (Wildman–Crippen MR) is 58.0 cm³/mol. The van der Waals surface area contributed by atoms with E-state index in [0.717, 1.165) is 6.54 Å². The fourth-order valence-corrected chi connectivity index (χ4v) is 2.20. The van der Waals surface area contributed by atoms with Gasteiger partial charge in [0.15, 0.2) is 0 Å². The fourth-order valence-electron chi connectivity index (χ4n) is 2.20. The van der Waals surface area contributed by atoms with Crippen LogP contribution in [0.5, 0.6) is 0 Å². The highest BCUT2D eigenvalue weighted by atomic mass is 15.0. The first kappa shape index (κ1) is 11.0. The average Bonchev–Trinajstić information content (AvgIpc) is 2.51. The first-order valence-electron chi connectivity index (χ1n) is 5.54. The summed E-state index contributed by atoms with van der Waals surface area (Å²) in [6.07, 6.45) is 5.68. The van der Waals surface area contributed by atoms with Crippen molar-refractivity contribution in [3.8, 4) is 0 Å². The Labute approximate surface area is 82.5 Å². The maximum atomic E-state index is 3.60. The van der Waals surface area contributed by atoms with Gasteiger partial charge in [-0.2, -0.15) is 0 Å². The highest BCUT2D eigenvalue weighted by Crippen LogP contribution is 2.36. The van der Waals surface area contributed by atoms with E-state index < -0.39 is 0 Å². The molecule has 78 valence electrons. The quantitative estimate of drug-likeness (QED) is 0.680. The lowest BCUT2D eigenvalue weighted by molar-refractivity contribution is 0.299. The normalized spacial score (nSPS) is 23.3. The van der Waals surface area contributed by atoms with E-state index in [-0.39, 0.29) is 0 Å². The molecule has 0 aliphatic heterocycles. The van der Waals surface area contributed by atoms with Gasteiger partial charge in [-0.1, -0.05) is 19.8 Å². The van der Waals surface area contributed by atoms with Gasteiger partial charge < -0.3 is 10.6 Å². The van der Waals surface area contributed by atoms with Crippen molar-refractivity contribution in [1.29, 1.82) is 0 Å². The largest absolute Gasteiger partial charge is 0.318 e. The molecule has 1 saturated carbocycles. The Morgan fingerprint density at radius 3 is 2.46 bits per heavy atom. The number of nitrogens with one attached hydrogen (secondary N) is 2. The lowest BCUT2D eigenvalue weighted by Gasteiger charge is -2.26. The van der Waals surface area contributed by atoms with Crippen molar-refractivity contribution >= 4 is 0 Å². The molecule has 0 spiro atoms. The molecule has 0 bridgehead atoms. The third kappa shape index (κ3) is 3.65. The van der Waals surface area contributed by atoms with Crippen LogP contribution >= 0.6 is 0 Å². The van der Waals surface area contributed by atoms with Gasteiger partial charge in [0, 0.05) is 19.1 Å². The summed E-state index contributed by atoms with van der Waals surface area (Å²) in [4.78, 5) is 0. The molecule has 0 amide bonds. The molecule has 2 N–H and O–H groups in total. The third-order valence-electron chi connectivity index (χ3n) is 3.20. The van der Waals surface area contributed by atoms with Crippen LogP contribution in [0.3, 0.4) is 0 Å². The second kappa shape index (κ2) is 4.97. The molecule has 0 radical (unpaired) electrons. The predicted octanol–water partition coefficient (Wildman–Crippen LogP) is 1.76. The van der Waals surface area contributed by atoms with E-state index in [4.69, 9.17) is 0 Å². The summed E-state index contributed by atoms with van der Waals surface area (Å²) in [6, 6.07) is 0.599. The van der Waals surface area contributed by atoms with Gasteiger partial charge in [-0.15, -0.1) is 0 Å². The first-order chi connectivity index (χ1) is 6.16. The topological polar surface area (TPSA) is 24.1 Å². The van der Waals surface area contributed by atoms with Crippen molar-refractivity contribution in [2.45, 2.75) is 45.6 Å². The molecule has 1 rings (SSSR count). The van der Waals surface area contributed by atoms with Gasteiger partial charge >= 0.3 is 0 Å². The molecule has 0 aromatic carbocycles. The van der Waals surface area contributed by atoms with E-state index in [1.807, 2.05) is 7.05 Å². The van der Waals surface area contributed by atoms with Crippen LogP contribution in [0.25, 0.3) is 0 Å². The van der Waals surface area contributed by atoms with Gasteiger partial charge in [-0.25, -0.2) is 0 Å². The summed E-state index contributed by atoms with van der Waals surface area (Å²) >= 11 is 0. The number of hydrogen-bond acceptors (Lipinski definition) is 2. The van der Waals surface area contributed by atoms with Gasteiger partial charge in [0.2, 0.25) is 0 Å². The second-order valence-electron chi connectivity index (χ2n) is 4.86. The minimum atomic E-state index is 0.585. The first-order valence-corrected chi connectivity index (χ1v) is 5.54. The molecule has 13 heavy (non-hydrogen) atoms. The molecular formula is C11H24N2. The molecule has 2 nitrogen and oxygen atoms in total. The maximum absolute atomic E-state index is 3.60. The molecule has 0 heterocycles. The minimum absolute atomic E-state index is 0.585. The molecule has 1 aliphatic rings. The summed E-state index contributed by atoms with van der Waals surface area (Å²) in [5.74, 6) is 0. The fraction of sp³-hybridized carbons (Fsp3) is 1.00. The lowest BCUT2D eigenvalue weighted by atomic mass is 9.89. The SMILES string of the molecule is CNCC(C)NCC1(C)CCCC1. The molecule has 1 fully saturated rings. The Hall–Kier alpha value is -0.0800. The van der Waals surface area contributed by atoms with E-state index >= 15 is 0 Å². The van der Waals surface area contributed by atoms with E-state index in [9.17, 15) is 0 Å². The summed E-state index contributed by atoms with van der Waals surface area (Å²) in [7, 11) is 2.01. The van der Waals surface area contributed by atoms with Gasteiger partial charge in [0.1, 0.15) is 0 Å². The molecular weight excluding hydrogens is 160 g/mol. The Morgan fingerprint density at radius 2 is 1.92 bits per heavy atom. The minimum Gasteiger partial charge on any atom is -0.318 e.